The molecule has 0 unspecified atom stereocenters. The van der Waals surface area contributed by atoms with E-state index in [4.69, 9.17) is 21.7 Å². The summed E-state index contributed by atoms with van der Waals surface area (Å²) in [5, 5.41) is 0.365. The van der Waals surface area contributed by atoms with Crippen molar-refractivity contribution in [1.29, 1.82) is 0 Å². The molecule has 0 aliphatic heterocycles. The summed E-state index contributed by atoms with van der Waals surface area (Å²) in [7, 11) is 0. The van der Waals surface area contributed by atoms with Gasteiger partial charge in [0.25, 0.3) is 0 Å². The van der Waals surface area contributed by atoms with Crippen LogP contribution in [0.2, 0.25) is 0 Å². The van der Waals surface area contributed by atoms with E-state index < -0.39 is 12.3 Å². The molecule has 0 saturated carbocycles. The van der Waals surface area contributed by atoms with Crippen molar-refractivity contribution in [2.75, 3.05) is 0 Å². The van der Waals surface area contributed by atoms with Crippen LogP contribution in [-0.2, 0) is 9.47 Å². The summed E-state index contributed by atoms with van der Waals surface area (Å²) >= 11 is 4.85. The fourth-order valence-corrected chi connectivity index (χ4v) is 1.30. The highest BCUT2D eigenvalue weighted by Crippen LogP contribution is 2.12. The topological polar surface area (TPSA) is 35.5 Å². The number of carbonyl (C=O) groups excluding carboxylic acids is 1. The second kappa shape index (κ2) is 6.35. The Morgan fingerprint density at radius 1 is 1.18 bits per heavy atom. The molecule has 0 saturated heterocycles. The third-order valence-electron chi connectivity index (χ3n) is 2.06. The van der Waals surface area contributed by atoms with Crippen LogP contribution in [0.15, 0.2) is 30.3 Å². The van der Waals surface area contributed by atoms with E-state index >= 15 is 0 Å². The van der Waals surface area contributed by atoms with E-state index in [0.29, 0.717) is 10.6 Å². The number of benzene rings is 1. The van der Waals surface area contributed by atoms with Crippen molar-refractivity contribution in [3.8, 4) is 0 Å². The SMILES string of the molecule is CC(=S)O[C@H](OC(=O)c1ccccc1)C(C)C. The maximum absolute atomic E-state index is 11.8. The summed E-state index contributed by atoms with van der Waals surface area (Å²) in [5.74, 6) is -0.360. The molecule has 1 atom stereocenters. The highest BCUT2D eigenvalue weighted by molar-refractivity contribution is 7.80. The summed E-state index contributed by atoms with van der Waals surface area (Å²) in [4.78, 5) is 11.8. The Kier molecular flexibility index (Phi) is 5.10. The van der Waals surface area contributed by atoms with E-state index in [1.165, 1.54) is 0 Å². The molecule has 0 bridgehead atoms. The minimum atomic E-state index is -0.639. The maximum atomic E-state index is 11.8. The van der Waals surface area contributed by atoms with Gasteiger partial charge in [0, 0.05) is 12.8 Å². The molecule has 0 N–H and O–H groups in total. The lowest BCUT2D eigenvalue weighted by Crippen LogP contribution is -2.28. The van der Waals surface area contributed by atoms with Crippen molar-refractivity contribution in [2.24, 2.45) is 5.92 Å². The molecule has 0 heterocycles. The summed E-state index contributed by atoms with van der Waals surface area (Å²) in [6.45, 7) is 5.46. The average Bonchev–Trinajstić information content (AvgIpc) is 2.28. The van der Waals surface area contributed by atoms with Crippen molar-refractivity contribution >= 4 is 23.2 Å². The summed E-state index contributed by atoms with van der Waals surface area (Å²) < 4.78 is 10.6. The first-order chi connectivity index (χ1) is 8.00. The van der Waals surface area contributed by atoms with Crippen molar-refractivity contribution in [3.63, 3.8) is 0 Å². The number of carbonyl (C=O) groups is 1. The van der Waals surface area contributed by atoms with Crippen LogP contribution in [0.3, 0.4) is 0 Å². The van der Waals surface area contributed by atoms with Gasteiger partial charge in [0.05, 0.1) is 5.56 Å². The standard InChI is InChI=1S/C13H16O3S/c1-9(2)13(15-10(3)17)16-12(14)11-7-5-4-6-8-11/h4-9,13H,1-3H3/t13-/m1/s1. The first kappa shape index (κ1) is 13.6. The molecule has 0 radical (unpaired) electrons. The maximum Gasteiger partial charge on any atom is 0.341 e. The Hall–Kier alpha value is -1.42. The van der Waals surface area contributed by atoms with Gasteiger partial charge in [-0.2, -0.15) is 0 Å². The van der Waals surface area contributed by atoms with E-state index in [9.17, 15) is 4.79 Å². The Morgan fingerprint density at radius 2 is 1.76 bits per heavy atom. The fraction of sp³-hybridized carbons (Fsp3) is 0.385. The molecule has 0 aromatic heterocycles. The zero-order chi connectivity index (χ0) is 12.8. The molecule has 1 aromatic rings. The Bertz CT molecular complexity index is 387. The van der Waals surface area contributed by atoms with Crippen LogP contribution >= 0.6 is 12.2 Å². The van der Waals surface area contributed by atoms with Gasteiger partial charge in [-0.3, -0.25) is 0 Å². The van der Waals surface area contributed by atoms with Crippen LogP contribution in [0, 0.1) is 5.92 Å². The zero-order valence-corrected chi connectivity index (χ0v) is 11.0. The lowest BCUT2D eigenvalue weighted by molar-refractivity contribution is -0.0792. The summed E-state index contributed by atoms with van der Waals surface area (Å²) in [6, 6.07) is 8.81. The first-order valence-corrected chi connectivity index (χ1v) is 5.84. The molecule has 1 rings (SSSR count). The van der Waals surface area contributed by atoms with Crippen LogP contribution in [0.5, 0.6) is 0 Å². The van der Waals surface area contributed by atoms with E-state index in [-0.39, 0.29) is 5.92 Å². The molecule has 92 valence electrons. The minimum Gasteiger partial charge on any atom is -0.448 e. The van der Waals surface area contributed by atoms with Crippen LogP contribution in [0.4, 0.5) is 0 Å². The molecule has 0 aliphatic carbocycles. The monoisotopic (exact) mass is 252 g/mol. The van der Waals surface area contributed by atoms with Crippen molar-refractivity contribution < 1.29 is 14.3 Å². The Balaban J connectivity index is 2.68. The Labute approximate surface area is 107 Å². The quantitative estimate of drug-likeness (QED) is 0.468. The van der Waals surface area contributed by atoms with Gasteiger partial charge in [-0.25, -0.2) is 4.79 Å². The second-order valence-electron chi connectivity index (χ2n) is 3.99. The number of rotatable bonds is 4. The predicted molar refractivity (Wildman–Crippen MR) is 69.8 cm³/mol. The molecule has 0 fully saturated rings. The molecule has 4 heteroatoms. The summed E-state index contributed by atoms with van der Waals surface area (Å²) in [5.41, 5.74) is 0.503. The number of hydrogen-bond donors (Lipinski definition) is 0. The second-order valence-corrected chi connectivity index (χ2v) is 4.57. The molecule has 0 spiro atoms. The van der Waals surface area contributed by atoms with Gasteiger partial charge in [0.15, 0.2) is 5.05 Å². The highest BCUT2D eigenvalue weighted by atomic mass is 32.1. The molecular formula is C13H16O3S. The predicted octanol–water partition coefficient (Wildman–Crippen LogP) is 3.19. The number of ether oxygens (including phenoxy) is 2. The van der Waals surface area contributed by atoms with Crippen LogP contribution in [-0.4, -0.2) is 17.3 Å². The minimum absolute atomic E-state index is 0.0422. The van der Waals surface area contributed by atoms with Crippen molar-refractivity contribution in [1.82, 2.24) is 0 Å². The first-order valence-electron chi connectivity index (χ1n) is 5.44. The normalized spacial score (nSPS) is 12.0. The largest absolute Gasteiger partial charge is 0.448 e. The van der Waals surface area contributed by atoms with Crippen molar-refractivity contribution in [2.45, 2.75) is 27.1 Å². The van der Waals surface area contributed by atoms with Crippen LogP contribution in [0.1, 0.15) is 31.1 Å². The summed E-state index contributed by atoms with van der Waals surface area (Å²) in [6.07, 6.45) is -0.639. The lowest BCUT2D eigenvalue weighted by atomic mass is 10.2. The third kappa shape index (κ3) is 4.53. The van der Waals surface area contributed by atoms with Gasteiger partial charge in [0.1, 0.15) is 0 Å². The van der Waals surface area contributed by atoms with E-state index in [0.717, 1.165) is 0 Å². The molecular weight excluding hydrogens is 236 g/mol. The van der Waals surface area contributed by atoms with E-state index in [1.807, 2.05) is 19.9 Å². The van der Waals surface area contributed by atoms with E-state index in [2.05, 4.69) is 0 Å². The van der Waals surface area contributed by atoms with Crippen LogP contribution < -0.4 is 0 Å². The van der Waals surface area contributed by atoms with Gasteiger partial charge in [-0.1, -0.05) is 32.0 Å². The molecule has 17 heavy (non-hydrogen) atoms. The molecule has 1 aromatic carbocycles. The number of hydrogen-bond acceptors (Lipinski definition) is 4. The van der Waals surface area contributed by atoms with Gasteiger partial charge in [-0.15, -0.1) is 0 Å². The molecule has 3 nitrogen and oxygen atoms in total. The van der Waals surface area contributed by atoms with Gasteiger partial charge in [0.2, 0.25) is 6.29 Å². The number of esters is 1. The molecule has 0 amide bonds. The third-order valence-corrected chi connectivity index (χ3v) is 2.16. The molecule has 0 aliphatic rings. The fourth-order valence-electron chi connectivity index (χ4n) is 1.21. The van der Waals surface area contributed by atoms with Gasteiger partial charge >= 0.3 is 5.97 Å². The average molecular weight is 252 g/mol. The van der Waals surface area contributed by atoms with Gasteiger partial charge < -0.3 is 9.47 Å². The van der Waals surface area contributed by atoms with Crippen LogP contribution in [0.25, 0.3) is 0 Å². The van der Waals surface area contributed by atoms with Gasteiger partial charge in [-0.05, 0) is 24.4 Å². The smallest absolute Gasteiger partial charge is 0.341 e. The van der Waals surface area contributed by atoms with E-state index in [1.54, 1.807) is 31.2 Å². The zero-order valence-electron chi connectivity index (χ0n) is 10.2. The Morgan fingerprint density at radius 3 is 2.24 bits per heavy atom. The lowest BCUT2D eigenvalue weighted by Gasteiger charge is -2.21. The number of thiocarbonyl (C=S) groups is 1. The van der Waals surface area contributed by atoms with Crippen molar-refractivity contribution in [3.05, 3.63) is 35.9 Å². The highest BCUT2D eigenvalue weighted by Gasteiger charge is 2.20.